The van der Waals surface area contributed by atoms with Crippen LogP contribution >= 0.6 is 24.0 Å². The van der Waals surface area contributed by atoms with E-state index >= 15 is 0 Å². The number of aliphatic imine (C=N–C) groups is 1. The zero-order valence-corrected chi connectivity index (χ0v) is 19.8. The molecule has 3 aliphatic heterocycles. The standard InChI is InChI=1S/C21H32N4O4.HI/c26-20(19-4-2-13-29-19)24-8-10-25(11-9-24)21(23-15-17-6-14-27-16-17)22-7-5-18-3-1-12-28-18;/h1,3,12,17,19H,2,4-11,13-16H2,(H,22,23);1H. The molecule has 0 aliphatic carbocycles. The molecule has 3 aliphatic rings. The van der Waals surface area contributed by atoms with Crippen molar-refractivity contribution in [2.45, 2.75) is 31.8 Å². The summed E-state index contributed by atoms with van der Waals surface area (Å²) in [6.45, 7) is 6.88. The lowest BCUT2D eigenvalue weighted by atomic mass is 10.1. The minimum atomic E-state index is -0.233. The van der Waals surface area contributed by atoms with Crippen LogP contribution in [0.4, 0.5) is 0 Å². The van der Waals surface area contributed by atoms with Crippen LogP contribution in [0.5, 0.6) is 0 Å². The second-order valence-corrected chi connectivity index (χ2v) is 7.96. The number of carbonyl (C=O) groups is 1. The molecule has 0 radical (unpaired) electrons. The third-order valence-corrected chi connectivity index (χ3v) is 5.85. The van der Waals surface area contributed by atoms with Gasteiger partial charge in [-0.2, -0.15) is 0 Å². The molecule has 2 unspecified atom stereocenters. The van der Waals surface area contributed by atoms with E-state index in [1.165, 1.54) is 0 Å². The highest BCUT2D eigenvalue weighted by Crippen LogP contribution is 2.16. The van der Waals surface area contributed by atoms with Crippen LogP contribution in [-0.4, -0.2) is 86.9 Å². The quantitative estimate of drug-likeness (QED) is 0.342. The van der Waals surface area contributed by atoms with Crippen molar-refractivity contribution in [3.05, 3.63) is 24.2 Å². The summed E-state index contributed by atoms with van der Waals surface area (Å²) in [6.07, 6.45) is 5.20. The topological polar surface area (TPSA) is 79.5 Å². The van der Waals surface area contributed by atoms with Gasteiger partial charge in [0.2, 0.25) is 0 Å². The van der Waals surface area contributed by atoms with Gasteiger partial charge in [0.25, 0.3) is 5.91 Å². The van der Waals surface area contributed by atoms with Crippen molar-refractivity contribution in [3.63, 3.8) is 0 Å². The Labute approximate surface area is 195 Å². The molecule has 0 aromatic carbocycles. The molecule has 1 aromatic rings. The molecule has 0 saturated carbocycles. The zero-order chi connectivity index (χ0) is 19.9. The Balaban J connectivity index is 0.00000256. The first-order chi connectivity index (χ1) is 14.3. The van der Waals surface area contributed by atoms with Crippen LogP contribution in [0.25, 0.3) is 0 Å². The highest BCUT2D eigenvalue weighted by molar-refractivity contribution is 14.0. The Hall–Kier alpha value is -1.33. The number of piperazine rings is 1. The molecule has 1 N–H and O–H groups in total. The first kappa shape index (κ1) is 23.3. The minimum absolute atomic E-state index is 0. The summed E-state index contributed by atoms with van der Waals surface area (Å²) in [5.41, 5.74) is 0. The molecular formula is C21H33IN4O4. The molecule has 1 aromatic heterocycles. The van der Waals surface area contributed by atoms with Gasteiger partial charge in [0, 0.05) is 64.8 Å². The van der Waals surface area contributed by atoms with Crippen LogP contribution in [0.3, 0.4) is 0 Å². The smallest absolute Gasteiger partial charge is 0.251 e. The molecule has 0 spiro atoms. The number of furan rings is 1. The molecule has 1 amide bonds. The van der Waals surface area contributed by atoms with E-state index in [0.29, 0.717) is 25.6 Å². The third kappa shape index (κ3) is 6.34. The number of amides is 1. The average Bonchev–Trinajstić information content (AvgIpc) is 3.53. The normalized spacial score (nSPS) is 24.7. The van der Waals surface area contributed by atoms with Crippen molar-refractivity contribution < 1.29 is 18.7 Å². The van der Waals surface area contributed by atoms with Gasteiger partial charge in [-0.15, -0.1) is 24.0 Å². The maximum absolute atomic E-state index is 12.6. The second-order valence-electron chi connectivity index (χ2n) is 7.96. The average molecular weight is 532 g/mol. The Morgan fingerprint density at radius 1 is 1.17 bits per heavy atom. The van der Waals surface area contributed by atoms with E-state index in [9.17, 15) is 4.79 Å². The molecule has 3 fully saturated rings. The number of halogens is 1. The van der Waals surface area contributed by atoms with E-state index in [-0.39, 0.29) is 36.0 Å². The number of nitrogens with one attached hydrogen (secondary N) is 1. The van der Waals surface area contributed by atoms with Crippen molar-refractivity contribution in [2.75, 3.05) is 59.1 Å². The van der Waals surface area contributed by atoms with Crippen molar-refractivity contribution in [3.8, 4) is 0 Å². The van der Waals surface area contributed by atoms with Crippen LogP contribution in [-0.2, 0) is 20.7 Å². The molecule has 4 rings (SSSR count). The number of guanidine groups is 1. The second kappa shape index (κ2) is 11.9. The van der Waals surface area contributed by atoms with E-state index in [4.69, 9.17) is 18.9 Å². The van der Waals surface area contributed by atoms with Crippen LogP contribution in [0, 0.1) is 5.92 Å². The molecule has 9 heteroatoms. The predicted octanol–water partition coefficient (Wildman–Crippen LogP) is 1.75. The predicted molar refractivity (Wildman–Crippen MR) is 124 cm³/mol. The fourth-order valence-electron chi connectivity index (χ4n) is 4.08. The molecule has 2 atom stereocenters. The van der Waals surface area contributed by atoms with E-state index in [0.717, 1.165) is 76.8 Å². The lowest BCUT2D eigenvalue weighted by Crippen LogP contribution is -2.55. The fourth-order valence-corrected chi connectivity index (χ4v) is 4.08. The highest BCUT2D eigenvalue weighted by Gasteiger charge is 2.31. The van der Waals surface area contributed by atoms with Crippen molar-refractivity contribution in [1.29, 1.82) is 0 Å². The Morgan fingerprint density at radius 2 is 2.00 bits per heavy atom. The van der Waals surface area contributed by atoms with Gasteiger partial charge in [-0.25, -0.2) is 0 Å². The summed E-state index contributed by atoms with van der Waals surface area (Å²) in [5, 5.41) is 3.50. The van der Waals surface area contributed by atoms with Crippen LogP contribution in [0.15, 0.2) is 27.8 Å². The first-order valence-corrected chi connectivity index (χ1v) is 10.8. The van der Waals surface area contributed by atoms with Crippen molar-refractivity contribution >= 4 is 35.8 Å². The first-order valence-electron chi connectivity index (χ1n) is 10.8. The molecule has 4 heterocycles. The SMILES string of the molecule is I.O=C(C1CCCO1)N1CCN(C(=NCC2CCOC2)NCCc2ccco2)CC1. The van der Waals surface area contributed by atoms with Crippen molar-refractivity contribution in [1.82, 2.24) is 15.1 Å². The van der Waals surface area contributed by atoms with Gasteiger partial charge >= 0.3 is 0 Å². The Bertz CT molecular complexity index is 665. The maximum Gasteiger partial charge on any atom is 0.251 e. The summed E-state index contributed by atoms with van der Waals surface area (Å²) in [7, 11) is 0. The molecule has 8 nitrogen and oxygen atoms in total. The molecule has 30 heavy (non-hydrogen) atoms. The summed E-state index contributed by atoms with van der Waals surface area (Å²) in [4.78, 5) is 21.7. The summed E-state index contributed by atoms with van der Waals surface area (Å²) >= 11 is 0. The van der Waals surface area contributed by atoms with E-state index in [2.05, 4.69) is 10.2 Å². The van der Waals surface area contributed by atoms with E-state index in [1.54, 1.807) is 6.26 Å². The Kier molecular flexibility index (Phi) is 9.26. The Morgan fingerprint density at radius 3 is 2.67 bits per heavy atom. The minimum Gasteiger partial charge on any atom is -0.469 e. The van der Waals surface area contributed by atoms with Gasteiger partial charge in [0.15, 0.2) is 5.96 Å². The van der Waals surface area contributed by atoms with Gasteiger partial charge in [0.1, 0.15) is 11.9 Å². The van der Waals surface area contributed by atoms with Crippen molar-refractivity contribution in [2.24, 2.45) is 10.9 Å². The number of carbonyl (C=O) groups excluding carboxylic acids is 1. The summed E-state index contributed by atoms with van der Waals surface area (Å²) in [6, 6.07) is 3.90. The highest BCUT2D eigenvalue weighted by atomic mass is 127. The number of rotatable bonds is 6. The lowest BCUT2D eigenvalue weighted by molar-refractivity contribution is -0.142. The van der Waals surface area contributed by atoms with Crippen LogP contribution in [0.1, 0.15) is 25.0 Å². The molecule has 168 valence electrons. The van der Waals surface area contributed by atoms with Crippen LogP contribution in [0.2, 0.25) is 0 Å². The van der Waals surface area contributed by atoms with Gasteiger partial charge in [-0.1, -0.05) is 0 Å². The van der Waals surface area contributed by atoms with E-state index in [1.807, 2.05) is 17.0 Å². The monoisotopic (exact) mass is 532 g/mol. The van der Waals surface area contributed by atoms with Gasteiger partial charge in [-0.05, 0) is 31.4 Å². The zero-order valence-electron chi connectivity index (χ0n) is 17.5. The third-order valence-electron chi connectivity index (χ3n) is 5.85. The molecule has 3 saturated heterocycles. The number of nitrogens with zero attached hydrogens (tertiary/aromatic N) is 3. The maximum atomic E-state index is 12.6. The number of hydrogen-bond donors (Lipinski definition) is 1. The van der Waals surface area contributed by atoms with Gasteiger partial charge in [0.05, 0.1) is 12.9 Å². The number of hydrogen-bond acceptors (Lipinski definition) is 5. The fraction of sp³-hybridized carbons (Fsp3) is 0.714. The molecule has 0 bridgehead atoms. The number of ether oxygens (including phenoxy) is 2. The molecular weight excluding hydrogens is 499 g/mol. The largest absolute Gasteiger partial charge is 0.469 e. The van der Waals surface area contributed by atoms with Gasteiger partial charge < -0.3 is 29.0 Å². The lowest BCUT2D eigenvalue weighted by Gasteiger charge is -2.37. The summed E-state index contributed by atoms with van der Waals surface area (Å²) < 4.78 is 16.5. The van der Waals surface area contributed by atoms with E-state index < -0.39 is 0 Å². The summed E-state index contributed by atoms with van der Waals surface area (Å²) in [5.74, 6) is 2.54. The van der Waals surface area contributed by atoms with Gasteiger partial charge in [-0.3, -0.25) is 9.79 Å². The van der Waals surface area contributed by atoms with Crippen LogP contribution < -0.4 is 5.32 Å².